The van der Waals surface area contributed by atoms with Crippen LogP contribution in [-0.2, 0) is 28.6 Å². The third-order valence-corrected chi connectivity index (χ3v) is 2.99. The standard InChI is InChI=1S/C17H28O6/c1-4-6-8-9-11-22-17(20)14(3)12-15(18)23-13-16(19)21-10-7-5-2/h3-13H2,1-2H3. The van der Waals surface area contributed by atoms with Crippen molar-refractivity contribution in [3.63, 3.8) is 0 Å². The summed E-state index contributed by atoms with van der Waals surface area (Å²) in [5.41, 5.74) is 0.0184. The molecule has 0 fully saturated rings. The number of esters is 3. The smallest absolute Gasteiger partial charge is 0.344 e. The first-order valence-electron chi connectivity index (χ1n) is 8.17. The second kappa shape index (κ2) is 13.8. The Hall–Kier alpha value is -1.85. The first-order chi connectivity index (χ1) is 11.0. The molecule has 0 rings (SSSR count). The van der Waals surface area contributed by atoms with E-state index < -0.39 is 24.5 Å². The number of ether oxygens (including phenoxy) is 3. The summed E-state index contributed by atoms with van der Waals surface area (Å²) < 4.78 is 14.6. The van der Waals surface area contributed by atoms with E-state index in [4.69, 9.17) is 14.2 Å². The molecule has 0 amide bonds. The van der Waals surface area contributed by atoms with Gasteiger partial charge in [0.1, 0.15) is 0 Å². The lowest BCUT2D eigenvalue weighted by Gasteiger charge is -2.08. The molecule has 0 aliphatic heterocycles. The minimum absolute atomic E-state index is 0.0184. The van der Waals surface area contributed by atoms with E-state index in [1.54, 1.807) is 0 Å². The fourth-order valence-corrected chi connectivity index (χ4v) is 1.60. The van der Waals surface area contributed by atoms with Gasteiger partial charge in [-0.15, -0.1) is 0 Å². The molecule has 0 heterocycles. The van der Waals surface area contributed by atoms with Gasteiger partial charge in [-0.05, 0) is 12.8 Å². The minimum atomic E-state index is -0.703. The third kappa shape index (κ3) is 12.4. The van der Waals surface area contributed by atoms with Gasteiger partial charge in [0, 0.05) is 5.57 Å². The number of hydrogen-bond acceptors (Lipinski definition) is 6. The summed E-state index contributed by atoms with van der Waals surface area (Å²) in [6.45, 7) is 7.75. The van der Waals surface area contributed by atoms with E-state index in [0.717, 1.165) is 38.5 Å². The summed E-state index contributed by atoms with van der Waals surface area (Å²) in [5.74, 6) is -1.91. The van der Waals surface area contributed by atoms with Crippen LogP contribution in [-0.4, -0.2) is 37.7 Å². The zero-order chi connectivity index (χ0) is 17.5. The summed E-state index contributed by atoms with van der Waals surface area (Å²) in [4.78, 5) is 34.4. The monoisotopic (exact) mass is 328 g/mol. The molecule has 0 aromatic rings. The van der Waals surface area contributed by atoms with Crippen LogP contribution in [0, 0.1) is 0 Å². The first-order valence-corrected chi connectivity index (χ1v) is 8.17. The van der Waals surface area contributed by atoms with Crippen LogP contribution in [0.1, 0.15) is 58.8 Å². The van der Waals surface area contributed by atoms with Gasteiger partial charge in [-0.1, -0.05) is 46.1 Å². The van der Waals surface area contributed by atoms with Gasteiger partial charge < -0.3 is 14.2 Å². The molecule has 0 atom stereocenters. The van der Waals surface area contributed by atoms with Gasteiger partial charge in [0.25, 0.3) is 0 Å². The Morgan fingerprint density at radius 2 is 1.43 bits per heavy atom. The summed E-state index contributed by atoms with van der Waals surface area (Å²) in [6.07, 6.45) is 5.37. The Bertz CT molecular complexity index is 389. The highest BCUT2D eigenvalue weighted by molar-refractivity contribution is 5.93. The average Bonchev–Trinajstić information content (AvgIpc) is 2.52. The number of hydrogen-bond donors (Lipinski definition) is 0. The van der Waals surface area contributed by atoms with E-state index in [1.807, 2.05) is 6.92 Å². The molecule has 132 valence electrons. The fourth-order valence-electron chi connectivity index (χ4n) is 1.60. The van der Waals surface area contributed by atoms with Gasteiger partial charge in [-0.3, -0.25) is 4.79 Å². The van der Waals surface area contributed by atoms with E-state index in [1.165, 1.54) is 0 Å². The number of rotatable bonds is 13. The Balaban J connectivity index is 3.81. The topological polar surface area (TPSA) is 78.9 Å². The van der Waals surface area contributed by atoms with Crippen LogP contribution in [0.3, 0.4) is 0 Å². The van der Waals surface area contributed by atoms with Gasteiger partial charge in [0.05, 0.1) is 19.6 Å². The lowest BCUT2D eigenvalue weighted by molar-refractivity contribution is -0.158. The Morgan fingerprint density at radius 3 is 2.09 bits per heavy atom. The van der Waals surface area contributed by atoms with Crippen LogP contribution in [0.2, 0.25) is 0 Å². The molecule has 0 saturated heterocycles. The average molecular weight is 328 g/mol. The van der Waals surface area contributed by atoms with Crippen molar-refractivity contribution in [2.45, 2.75) is 58.8 Å². The molecule has 0 saturated carbocycles. The van der Waals surface area contributed by atoms with E-state index in [2.05, 4.69) is 13.5 Å². The van der Waals surface area contributed by atoms with E-state index >= 15 is 0 Å². The van der Waals surface area contributed by atoms with Crippen LogP contribution in [0.15, 0.2) is 12.2 Å². The van der Waals surface area contributed by atoms with E-state index in [9.17, 15) is 14.4 Å². The van der Waals surface area contributed by atoms with Crippen molar-refractivity contribution in [3.8, 4) is 0 Å². The summed E-state index contributed by atoms with van der Waals surface area (Å²) in [5, 5.41) is 0. The van der Waals surface area contributed by atoms with Crippen molar-refractivity contribution in [2.24, 2.45) is 0 Å². The van der Waals surface area contributed by atoms with Crippen molar-refractivity contribution in [1.29, 1.82) is 0 Å². The van der Waals surface area contributed by atoms with Gasteiger partial charge in [-0.25, -0.2) is 9.59 Å². The Morgan fingerprint density at radius 1 is 0.783 bits per heavy atom. The second-order valence-corrected chi connectivity index (χ2v) is 5.21. The molecule has 0 spiro atoms. The van der Waals surface area contributed by atoms with Crippen LogP contribution >= 0.6 is 0 Å². The van der Waals surface area contributed by atoms with Crippen LogP contribution in [0.25, 0.3) is 0 Å². The van der Waals surface area contributed by atoms with E-state index in [-0.39, 0.29) is 12.0 Å². The summed E-state index contributed by atoms with van der Waals surface area (Å²) in [7, 11) is 0. The van der Waals surface area contributed by atoms with Crippen LogP contribution < -0.4 is 0 Å². The van der Waals surface area contributed by atoms with Gasteiger partial charge in [0.15, 0.2) is 6.61 Å². The van der Waals surface area contributed by atoms with Crippen molar-refractivity contribution in [1.82, 2.24) is 0 Å². The summed E-state index contributed by atoms with van der Waals surface area (Å²) >= 11 is 0. The fraction of sp³-hybridized carbons (Fsp3) is 0.706. The highest BCUT2D eigenvalue weighted by Gasteiger charge is 2.15. The van der Waals surface area contributed by atoms with Gasteiger partial charge >= 0.3 is 17.9 Å². The zero-order valence-corrected chi connectivity index (χ0v) is 14.2. The number of carbonyl (C=O) groups excluding carboxylic acids is 3. The molecule has 0 N–H and O–H groups in total. The maximum absolute atomic E-state index is 11.6. The van der Waals surface area contributed by atoms with Crippen LogP contribution in [0.4, 0.5) is 0 Å². The Labute approximate surface area is 138 Å². The highest BCUT2D eigenvalue weighted by atomic mass is 16.6. The summed E-state index contributed by atoms with van der Waals surface area (Å²) in [6, 6.07) is 0. The molecule has 0 aliphatic carbocycles. The lowest BCUT2D eigenvalue weighted by Crippen LogP contribution is -2.19. The van der Waals surface area contributed by atoms with Crippen molar-refractivity contribution in [3.05, 3.63) is 12.2 Å². The molecule has 0 radical (unpaired) electrons. The maximum Gasteiger partial charge on any atom is 0.344 e. The van der Waals surface area contributed by atoms with Crippen LogP contribution in [0.5, 0.6) is 0 Å². The van der Waals surface area contributed by atoms with Crippen molar-refractivity contribution >= 4 is 17.9 Å². The normalized spacial score (nSPS) is 10.0. The van der Waals surface area contributed by atoms with Gasteiger partial charge in [-0.2, -0.15) is 0 Å². The SMILES string of the molecule is C=C(CC(=O)OCC(=O)OCCCC)C(=O)OCCCCCC. The predicted molar refractivity (Wildman–Crippen MR) is 85.7 cm³/mol. The molecular formula is C17H28O6. The predicted octanol–water partition coefficient (Wildman–Crippen LogP) is 2.94. The molecule has 6 heteroatoms. The molecule has 0 aromatic carbocycles. The van der Waals surface area contributed by atoms with Crippen molar-refractivity contribution < 1.29 is 28.6 Å². The number of carbonyl (C=O) groups is 3. The third-order valence-electron chi connectivity index (χ3n) is 2.99. The quantitative estimate of drug-likeness (QED) is 0.224. The van der Waals surface area contributed by atoms with Gasteiger partial charge in [0.2, 0.25) is 0 Å². The molecule has 6 nitrogen and oxygen atoms in total. The van der Waals surface area contributed by atoms with Crippen molar-refractivity contribution in [2.75, 3.05) is 19.8 Å². The minimum Gasteiger partial charge on any atom is -0.463 e. The first kappa shape index (κ1) is 21.1. The molecule has 0 unspecified atom stereocenters. The lowest BCUT2D eigenvalue weighted by atomic mass is 10.2. The number of unbranched alkanes of at least 4 members (excludes halogenated alkanes) is 4. The molecule has 23 heavy (non-hydrogen) atoms. The highest BCUT2D eigenvalue weighted by Crippen LogP contribution is 2.05. The molecule has 0 aliphatic rings. The Kier molecular flexibility index (Phi) is 12.7. The molecule has 0 bridgehead atoms. The molecule has 0 aromatic heterocycles. The van der Waals surface area contributed by atoms with E-state index in [0.29, 0.717) is 13.2 Å². The maximum atomic E-state index is 11.6. The zero-order valence-electron chi connectivity index (χ0n) is 14.2. The largest absolute Gasteiger partial charge is 0.463 e. The molecular weight excluding hydrogens is 300 g/mol. The second-order valence-electron chi connectivity index (χ2n) is 5.21.